The first-order chi connectivity index (χ1) is 6.07. The number of aromatic nitrogens is 2. The lowest BCUT2D eigenvalue weighted by molar-refractivity contribution is 0.651. The van der Waals surface area contributed by atoms with Crippen LogP contribution in [0.2, 0.25) is 0 Å². The van der Waals surface area contributed by atoms with Crippen molar-refractivity contribution in [1.29, 1.82) is 0 Å². The molecule has 3 nitrogen and oxygen atoms in total. The maximum absolute atomic E-state index is 5.94. The molecule has 2 N–H and O–H groups in total. The van der Waals surface area contributed by atoms with Crippen molar-refractivity contribution in [3.05, 3.63) is 11.5 Å². The standard InChI is InChI=1S/C10H19N3/c1-5-6-7(2)9-10(11)13(4)8(3)12-9/h7H,5-6,11H2,1-4H3. The highest BCUT2D eigenvalue weighted by molar-refractivity contribution is 5.39. The normalized spacial score (nSPS) is 13.2. The van der Waals surface area contributed by atoms with Gasteiger partial charge in [-0.25, -0.2) is 4.98 Å². The number of nitrogen functional groups attached to an aromatic ring is 1. The molecule has 0 amide bonds. The first-order valence-corrected chi connectivity index (χ1v) is 4.86. The molecule has 1 atom stereocenters. The third-order valence-corrected chi connectivity index (χ3v) is 2.58. The summed E-state index contributed by atoms with van der Waals surface area (Å²) < 4.78 is 1.95. The number of nitrogens with zero attached hydrogens (tertiary/aromatic N) is 2. The van der Waals surface area contributed by atoms with Crippen molar-refractivity contribution in [2.45, 2.75) is 39.5 Å². The number of aryl methyl sites for hydroxylation is 1. The Morgan fingerprint density at radius 1 is 1.54 bits per heavy atom. The van der Waals surface area contributed by atoms with Gasteiger partial charge >= 0.3 is 0 Å². The van der Waals surface area contributed by atoms with E-state index in [0.717, 1.165) is 23.8 Å². The van der Waals surface area contributed by atoms with Crippen LogP contribution >= 0.6 is 0 Å². The van der Waals surface area contributed by atoms with E-state index in [0.29, 0.717) is 5.92 Å². The van der Waals surface area contributed by atoms with E-state index in [1.807, 2.05) is 18.5 Å². The number of nitrogens with two attached hydrogens (primary N) is 1. The Morgan fingerprint density at radius 2 is 2.15 bits per heavy atom. The quantitative estimate of drug-likeness (QED) is 0.777. The van der Waals surface area contributed by atoms with Crippen LogP contribution in [-0.4, -0.2) is 9.55 Å². The molecule has 1 heterocycles. The Morgan fingerprint density at radius 3 is 2.54 bits per heavy atom. The zero-order valence-electron chi connectivity index (χ0n) is 8.96. The Bertz CT molecular complexity index is 289. The monoisotopic (exact) mass is 181 g/mol. The second-order valence-corrected chi connectivity index (χ2v) is 3.68. The Kier molecular flexibility index (Phi) is 2.96. The smallest absolute Gasteiger partial charge is 0.126 e. The maximum Gasteiger partial charge on any atom is 0.126 e. The van der Waals surface area contributed by atoms with E-state index in [1.165, 1.54) is 6.42 Å². The van der Waals surface area contributed by atoms with Crippen LogP contribution in [0.1, 0.15) is 44.1 Å². The van der Waals surface area contributed by atoms with E-state index in [9.17, 15) is 0 Å². The minimum absolute atomic E-state index is 0.477. The summed E-state index contributed by atoms with van der Waals surface area (Å²) in [6.45, 7) is 6.35. The lowest BCUT2D eigenvalue weighted by atomic mass is 10.0. The predicted molar refractivity (Wildman–Crippen MR) is 55.7 cm³/mol. The number of anilines is 1. The summed E-state index contributed by atoms with van der Waals surface area (Å²) in [6.07, 6.45) is 2.33. The fourth-order valence-electron chi connectivity index (χ4n) is 1.59. The van der Waals surface area contributed by atoms with Gasteiger partial charge in [-0.15, -0.1) is 0 Å². The zero-order valence-corrected chi connectivity index (χ0v) is 8.96. The molecule has 1 unspecified atom stereocenters. The molecule has 1 aromatic heterocycles. The minimum atomic E-state index is 0.477. The van der Waals surface area contributed by atoms with E-state index < -0.39 is 0 Å². The first kappa shape index (κ1) is 10.1. The van der Waals surface area contributed by atoms with Crippen LogP contribution in [0.3, 0.4) is 0 Å². The molecule has 0 aliphatic carbocycles. The molecule has 3 heteroatoms. The van der Waals surface area contributed by atoms with Gasteiger partial charge in [-0.3, -0.25) is 0 Å². The summed E-state index contributed by atoms with van der Waals surface area (Å²) in [5.41, 5.74) is 6.99. The van der Waals surface area contributed by atoms with Gasteiger partial charge in [0.1, 0.15) is 11.6 Å². The number of imidazole rings is 1. The van der Waals surface area contributed by atoms with Crippen molar-refractivity contribution in [1.82, 2.24) is 9.55 Å². The average molecular weight is 181 g/mol. The third kappa shape index (κ3) is 1.85. The van der Waals surface area contributed by atoms with Gasteiger partial charge in [-0.05, 0) is 13.3 Å². The van der Waals surface area contributed by atoms with Gasteiger partial charge in [0.2, 0.25) is 0 Å². The largest absolute Gasteiger partial charge is 0.384 e. The Labute approximate surface area is 80.0 Å². The Hall–Kier alpha value is -0.990. The summed E-state index contributed by atoms with van der Waals surface area (Å²) in [5.74, 6) is 2.29. The van der Waals surface area contributed by atoms with Crippen LogP contribution in [0.4, 0.5) is 5.82 Å². The van der Waals surface area contributed by atoms with Crippen molar-refractivity contribution in [2.75, 3.05) is 5.73 Å². The van der Waals surface area contributed by atoms with Crippen molar-refractivity contribution >= 4 is 5.82 Å². The summed E-state index contributed by atoms with van der Waals surface area (Å²) in [6, 6.07) is 0. The SMILES string of the molecule is CCCC(C)c1nc(C)n(C)c1N. The molecule has 0 aromatic carbocycles. The first-order valence-electron chi connectivity index (χ1n) is 4.86. The molecule has 0 saturated heterocycles. The molecule has 0 saturated carbocycles. The van der Waals surface area contributed by atoms with E-state index in [2.05, 4.69) is 18.8 Å². The van der Waals surface area contributed by atoms with Gasteiger partial charge in [0.15, 0.2) is 0 Å². The van der Waals surface area contributed by atoms with Crippen molar-refractivity contribution < 1.29 is 0 Å². The van der Waals surface area contributed by atoms with Crippen molar-refractivity contribution in [3.8, 4) is 0 Å². The minimum Gasteiger partial charge on any atom is -0.384 e. The fraction of sp³-hybridized carbons (Fsp3) is 0.700. The van der Waals surface area contributed by atoms with Crippen LogP contribution in [-0.2, 0) is 7.05 Å². The van der Waals surface area contributed by atoms with E-state index >= 15 is 0 Å². The van der Waals surface area contributed by atoms with Crippen LogP contribution < -0.4 is 5.73 Å². The van der Waals surface area contributed by atoms with Gasteiger partial charge < -0.3 is 10.3 Å². The highest BCUT2D eigenvalue weighted by atomic mass is 15.1. The molecule has 0 spiro atoms. The third-order valence-electron chi connectivity index (χ3n) is 2.58. The van der Waals surface area contributed by atoms with Crippen molar-refractivity contribution in [3.63, 3.8) is 0 Å². The molecular weight excluding hydrogens is 162 g/mol. The second-order valence-electron chi connectivity index (χ2n) is 3.68. The molecule has 0 fully saturated rings. The van der Waals surface area contributed by atoms with Gasteiger partial charge in [-0.2, -0.15) is 0 Å². The number of hydrogen-bond acceptors (Lipinski definition) is 2. The van der Waals surface area contributed by atoms with Gasteiger partial charge in [-0.1, -0.05) is 20.3 Å². The van der Waals surface area contributed by atoms with Gasteiger partial charge in [0.05, 0.1) is 5.69 Å². The molecule has 13 heavy (non-hydrogen) atoms. The molecule has 0 aliphatic rings. The Balaban J connectivity index is 2.94. The topological polar surface area (TPSA) is 43.8 Å². The number of rotatable bonds is 3. The second kappa shape index (κ2) is 3.81. The van der Waals surface area contributed by atoms with E-state index in [4.69, 9.17) is 5.73 Å². The lowest BCUT2D eigenvalue weighted by Crippen LogP contribution is -2.02. The van der Waals surface area contributed by atoms with E-state index in [1.54, 1.807) is 0 Å². The van der Waals surface area contributed by atoms with Crippen LogP contribution in [0.25, 0.3) is 0 Å². The summed E-state index contributed by atoms with van der Waals surface area (Å²) in [5, 5.41) is 0. The summed E-state index contributed by atoms with van der Waals surface area (Å²) in [4.78, 5) is 4.47. The number of hydrogen-bond donors (Lipinski definition) is 1. The molecule has 0 radical (unpaired) electrons. The molecule has 74 valence electrons. The van der Waals surface area contributed by atoms with Crippen LogP contribution in [0.15, 0.2) is 0 Å². The summed E-state index contributed by atoms with van der Waals surface area (Å²) in [7, 11) is 1.96. The zero-order chi connectivity index (χ0) is 10.0. The predicted octanol–water partition coefficient (Wildman–Crippen LogP) is 2.21. The lowest BCUT2D eigenvalue weighted by Gasteiger charge is -2.07. The summed E-state index contributed by atoms with van der Waals surface area (Å²) >= 11 is 0. The molecule has 0 aliphatic heterocycles. The van der Waals surface area contributed by atoms with Crippen LogP contribution in [0.5, 0.6) is 0 Å². The highest BCUT2D eigenvalue weighted by Crippen LogP contribution is 2.25. The molecular formula is C10H19N3. The van der Waals surface area contributed by atoms with Crippen LogP contribution in [0, 0.1) is 6.92 Å². The van der Waals surface area contributed by atoms with Gasteiger partial charge in [0.25, 0.3) is 0 Å². The molecule has 1 rings (SSSR count). The van der Waals surface area contributed by atoms with E-state index in [-0.39, 0.29) is 0 Å². The van der Waals surface area contributed by atoms with Crippen molar-refractivity contribution in [2.24, 2.45) is 7.05 Å². The maximum atomic E-state index is 5.94. The molecule has 0 bridgehead atoms. The fourth-order valence-corrected chi connectivity index (χ4v) is 1.59. The molecule has 1 aromatic rings. The highest BCUT2D eigenvalue weighted by Gasteiger charge is 2.14. The van der Waals surface area contributed by atoms with Gasteiger partial charge in [0, 0.05) is 13.0 Å². The average Bonchev–Trinajstić information content (AvgIpc) is 2.33.